The van der Waals surface area contributed by atoms with Crippen LogP contribution in [0.1, 0.15) is 50.0 Å². The average Bonchev–Trinajstić information content (AvgIpc) is 3.01. The first-order chi connectivity index (χ1) is 10.3. The molecule has 0 radical (unpaired) electrons. The van der Waals surface area contributed by atoms with Crippen molar-refractivity contribution >= 4 is 42.5 Å². The van der Waals surface area contributed by atoms with Gasteiger partial charge in [-0.3, -0.25) is 15.1 Å². The molecular weight excluding hydrogens is 353 g/mol. The predicted molar refractivity (Wildman–Crippen MR) is 103 cm³/mol. The highest BCUT2D eigenvalue weighted by atomic mass is 35.5. The monoisotopic (exact) mass is 379 g/mol. The Balaban J connectivity index is 0.00000242. The smallest absolute Gasteiger partial charge is 0.238 e. The molecule has 1 amide bonds. The Labute approximate surface area is 155 Å². The number of carbonyl (C=O) groups excluding carboxylic acids is 1. The van der Waals surface area contributed by atoms with Crippen LogP contribution in [0.25, 0.3) is 0 Å². The lowest BCUT2D eigenvalue weighted by Crippen LogP contribution is -2.42. The summed E-state index contributed by atoms with van der Waals surface area (Å²) in [6.45, 7) is 3.01. The lowest BCUT2D eigenvalue weighted by molar-refractivity contribution is -0.122. The van der Waals surface area contributed by atoms with E-state index >= 15 is 0 Å². The van der Waals surface area contributed by atoms with Crippen LogP contribution < -0.4 is 10.6 Å². The molecule has 2 atom stereocenters. The molecule has 1 aliphatic heterocycles. The summed E-state index contributed by atoms with van der Waals surface area (Å²) in [4.78, 5) is 16.2. The predicted octanol–water partition coefficient (Wildman–Crippen LogP) is 3.72. The van der Waals surface area contributed by atoms with Crippen molar-refractivity contribution in [3.63, 3.8) is 0 Å². The summed E-state index contributed by atoms with van der Waals surface area (Å²) < 4.78 is 0. The molecule has 7 heteroatoms. The molecule has 2 unspecified atom stereocenters. The first-order valence-electron chi connectivity index (χ1n) is 7.86. The third-order valence-corrected chi connectivity index (χ3v) is 4.93. The van der Waals surface area contributed by atoms with Gasteiger partial charge in [-0.05, 0) is 18.1 Å². The van der Waals surface area contributed by atoms with Gasteiger partial charge in [-0.25, -0.2) is 0 Å². The maximum Gasteiger partial charge on any atom is 0.238 e. The van der Waals surface area contributed by atoms with Crippen LogP contribution in [-0.4, -0.2) is 29.2 Å². The molecular formula is C16H27Cl2N3OS. The van der Waals surface area contributed by atoms with Crippen LogP contribution in [0.15, 0.2) is 24.5 Å². The first kappa shape index (κ1) is 22.5. The van der Waals surface area contributed by atoms with E-state index in [-0.39, 0.29) is 42.1 Å². The van der Waals surface area contributed by atoms with Crippen LogP contribution in [-0.2, 0) is 4.79 Å². The average molecular weight is 380 g/mol. The van der Waals surface area contributed by atoms with Gasteiger partial charge in [0, 0.05) is 24.7 Å². The molecule has 2 N–H and O–H groups in total. The van der Waals surface area contributed by atoms with Crippen molar-refractivity contribution in [1.82, 2.24) is 15.6 Å². The molecule has 1 fully saturated rings. The van der Waals surface area contributed by atoms with E-state index in [0.717, 1.165) is 24.3 Å². The molecule has 2 rings (SSSR count). The summed E-state index contributed by atoms with van der Waals surface area (Å²) in [5.41, 5.74) is 1.14. The first-order valence-corrected chi connectivity index (χ1v) is 8.91. The number of unbranched alkanes of at least 4 members (excludes halogenated alkanes) is 4. The summed E-state index contributed by atoms with van der Waals surface area (Å²) >= 11 is 1.77. The fraction of sp³-hybridized carbons (Fsp3) is 0.625. The number of carbonyl (C=O) groups is 1. The number of amides is 1. The fourth-order valence-corrected chi connectivity index (χ4v) is 3.63. The second-order valence-corrected chi connectivity index (χ2v) is 6.56. The van der Waals surface area contributed by atoms with E-state index < -0.39 is 0 Å². The molecule has 0 spiro atoms. The Morgan fingerprint density at radius 2 is 2.13 bits per heavy atom. The minimum Gasteiger partial charge on any atom is -0.355 e. The zero-order chi connectivity index (χ0) is 14.9. The van der Waals surface area contributed by atoms with Gasteiger partial charge in [-0.15, -0.1) is 36.6 Å². The highest BCUT2D eigenvalue weighted by Gasteiger charge is 2.30. The number of pyridine rings is 1. The van der Waals surface area contributed by atoms with Gasteiger partial charge in [0.1, 0.15) is 0 Å². The number of aromatic nitrogens is 1. The van der Waals surface area contributed by atoms with Crippen molar-refractivity contribution < 1.29 is 4.79 Å². The van der Waals surface area contributed by atoms with E-state index in [4.69, 9.17) is 0 Å². The zero-order valence-electron chi connectivity index (χ0n) is 13.5. The lowest BCUT2D eigenvalue weighted by Gasteiger charge is -2.13. The Hall–Kier alpha value is -0.490. The number of hydrogen-bond acceptors (Lipinski definition) is 4. The molecule has 2 heterocycles. The number of nitrogens with one attached hydrogen (secondary N) is 2. The minimum atomic E-state index is -0.0872. The van der Waals surface area contributed by atoms with Crippen molar-refractivity contribution in [3.05, 3.63) is 30.1 Å². The molecule has 132 valence electrons. The third kappa shape index (κ3) is 7.75. The highest BCUT2D eigenvalue weighted by molar-refractivity contribution is 7.99. The molecule has 23 heavy (non-hydrogen) atoms. The standard InChI is InChI=1S/C16H25N3OS.2ClH/c1-2-3-4-5-6-10-18-15(20)14-12-21-16(19-14)13-8-7-9-17-11-13;;/h7-9,11,14,16,19H,2-6,10,12H2,1H3,(H,18,20);2*1H. The van der Waals surface area contributed by atoms with Gasteiger partial charge in [-0.2, -0.15) is 0 Å². The zero-order valence-corrected chi connectivity index (χ0v) is 15.9. The van der Waals surface area contributed by atoms with Crippen molar-refractivity contribution in [2.45, 2.75) is 50.4 Å². The van der Waals surface area contributed by atoms with E-state index in [0.29, 0.717) is 0 Å². The Morgan fingerprint density at radius 1 is 1.35 bits per heavy atom. The van der Waals surface area contributed by atoms with Crippen LogP contribution in [0.2, 0.25) is 0 Å². The maximum atomic E-state index is 12.1. The molecule has 0 aromatic carbocycles. The van der Waals surface area contributed by atoms with E-state index in [1.54, 1.807) is 18.0 Å². The second kappa shape index (κ2) is 12.9. The van der Waals surface area contributed by atoms with Gasteiger partial charge < -0.3 is 5.32 Å². The summed E-state index contributed by atoms with van der Waals surface area (Å²) in [5, 5.41) is 6.60. The van der Waals surface area contributed by atoms with Gasteiger partial charge >= 0.3 is 0 Å². The molecule has 1 aliphatic rings. The summed E-state index contributed by atoms with van der Waals surface area (Å²) in [6.07, 6.45) is 9.74. The number of halogens is 2. The number of thioether (sulfide) groups is 1. The molecule has 4 nitrogen and oxygen atoms in total. The maximum absolute atomic E-state index is 12.1. The van der Waals surface area contributed by atoms with Gasteiger partial charge in [0.15, 0.2) is 0 Å². The van der Waals surface area contributed by atoms with E-state index in [1.165, 1.54) is 25.7 Å². The molecule has 0 saturated carbocycles. The third-order valence-electron chi connectivity index (χ3n) is 3.67. The van der Waals surface area contributed by atoms with Crippen LogP contribution in [0.3, 0.4) is 0 Å². The number of hydrogen-bond donors (Lipinski definition) is 2. The van der Waals surface area contributed by atoms with Crippen molar-refractivity contribution in [2.24, 2.45) is 0 Å². The Morgan fingerprint density at radius 3 is 2.83 bits per heavy atom. The topological polar surface area (TPSA) is 54.0 Å². The van der Waals surface area contributed by atoms with E-state index in [2.05, 4.69) is 22.5 Å². The Bertz CT molecular complexity index is 437. The van der Waals surface area contributed by atoms with Gasteiger partial charge in [-0.1, -0.05) is 38.7 Å². The van der Waals surface area contributed by atoms with Crippen molar-refractivity contribution in [1.29, 1.82) is 0 Å². The minimum absolute atomic E-state index is 0. The molecule has 0 aliphatic carbocycles. The Kier molecular flexibility index (Phi) is 12.6. The van der Waals surface area contributed by atoms with Gasteiger partial charge in [0.25, 0.3) is 0 Å². The van der Waals surface area contributed by atoms with E-state index in [9.17, 15) is 4.79 Å². The number of rotatable bonds is 8. The largest absolute Gasteiger partial charge is 0.355 e. The van der Waals surface area contributed by atoms with E-state index in [1.807, 2.05) is 18.3 Å². The molecule has 0 bridgehead atoms. The fourth-order valence-electron chi connectivity index (χ4n) is 2.41. The lowest BCUT2D eigenvalue weighted by atomic mass is 10.1. The quantitative estimate of drug-likeness (QED) is 0.675. The normalized spacial score (nSPS) is 19.5. The van der Waals surface area contributed by atoms with Crippen LogP contribution in [0.4, 0.5) is 0 Å². The number of nitrogens with zero attached hydrogens (tertiary/aromatic N) is 1. The molecule has 1 saturated heterocycles. The van der Waals surface area contributed by atoms with Crippen LogP contribution in [0, 0.1) is 0 Å². The van der Waals surface area contributed by atoms with Crippen LogP contribution in [0.5, 0.6) is 0 Å². The summed E-state index contributed by atoms with van der Waals surface area (Å²) in [6, 6.07) is 3.89. The van der Waals surface area contributed by atoms with Crippen LogP contribution >= 0.6 is 36.6 Å². The molecule has 1 aromatic rings. The summed E-state index contributed by atoms with van der Waals surface area (Å²) in [7, 11) is 0. The summed E-state index contributed by atoms with van der Waals surface area (Å²) in [5.74, 6) is 0.950. The van der Waals surface area contributed by atoms with Gasteiger partial charge in [0.05, 0.1) is 11.4 Å². The SMILES string of the molecule is CCCCCCCNC(=O)C1CSC(c2cccnc2)N1.Cl.Cl. The van der Waals surface area contributed by atoms with Crippen molar-refractivity contribution in [2.75, 3.05) is 12.3 Å². The second-order valence-electron chi connectivity index (χ2n) is 5.42. The highest BCUT2D eigenvalue weighted by Crippen LogP contribution is 2.32. The van der Waals surface area contributed by atoms with Crippen molar-refractivity contribution in [3.8, 4) is 0 Å². The molecule has 1 aromatic heterocycles. The van der Waals surface area contributed by atoms with Gasteiger partial charge in [0.2, 0.25) is 5.91 Å².